The van der Waals surface area contributed by atoms with E-state index in [-0.39, 0.29) is 23.5 Å². The Morgan fingerprint density at radius 3 is 2.47 bits per heavy atom. The number of hydrogen-bond donors (Lipinski definition) is 1. The number of carbonyl (C=O) groups is 1. The van der Waals surface area contributed by atoms with Gasteiger partial charge in [0.05, 0.1) is 5.41 Å². The maximum atomic E-state index is 12.5. The normalized spacial score (nSPS) is 42.1. The van der Waals surface area contributed by atoms with Crippen LogP contribution in [0.25, 0.3) is 0 Å². The monoisotopic (exact) mass is 267 g/mol. The van der Waals surface area contributed by atoms with Crippen LogP contribution in [-0.2, 0) is 9.53 Å². The van der Waals surface area contributed by atoms with Crippen LogP contribution in [0.2, 0.25) is 0 Å². The summed E-state index contributed by atoms with van der Waals surface area (Å²) in [7, 11) is 0. The van der Waals surface area contributed by atoms with Crippen molar-refractivity contribution in [3.63, 3.8) is 0 Å². The van der Waals surface area contributed by atoms with Crippen molar-refractivity contribution in [1.82, 2.24) is 0 Å². The Bertz CT molecular complexity index is 353. The summed E-state index contributed by atoms with van der Waals surface area (Å²) >= 11 is 0. The molecule has 0 aromatic carbocycles. The molecule has 2 fully saturated rings. The fourth-order valence-corrected chi connectivity index (χ4v) is 4.08. The van der Waals surface area contributed by atoms with Crippen LogP contribution < -0.4 is 5.73 Å². The summed E-state index contributed by atoms with van der Waals surface area (Å²) in [5.74, 6) is 0.569. The molecular weight excluding hydrogens is 238 g/mol. The zero-order valence-corrected chi connectivity index (χ0v) is 12.9. The highest BCUT2D eigenvalue weighted by molar-refractivity contribution is 5.78. The second-order valence-corrected chi connectivity index (χ2v) is 7.86. The summed E-state index contributed by atoms with van der Waals surface area (Å²) in [6.45, 7) is 8.77. The van der Waals surface area contributed by atoms with Gasteiger partial charge in [-0.15, -0.1) is 0 Å². The Morgan fingerprint density at radius 2 is 1.95 bits per heavy atom. The SMILES string of the molecule is CC1CC(OC(=O)C2(C)CCCC2N)CC(C)(C)C1. The predicted molar refractivity (Wildman–Crippen MR) is 76.6 cm³/mol. The van der Waals surface area contributed by atoms with E-state index in [9.17, 15) is 4.79 Å². The molecule has 0 aromatic rings. The summed E-state index contributed by atoms with van der Waals surface area (Å²) in [5.41, 5.74) is 5.92. The lowest BCUT2D eigenvalue weighted by atomic mass is 9.71. The molecule has 0 bridgehead atoms. The Morgan fingerprint density at radius 1 is 1.26 bits per heavy atom. The molecule has 2 aliphatic carbocycles. The first-order valence-electron chi connectivity index (χ1n) is 7.70. The lowest BCUT2D eigenvalue weighted by molar-refractivity contribution is -0.165. The summed E-state index contributed by atoms with van der Waals surface area (Å²) in [6, 6.07) is -0.0333. The minimum absolute atomic E-state index is 0.0333. The van der Waals surface area contributed by atoms with Crippen LogP contribution in [0.4, 0.5) is 0 Å². The first-order chi connectivity index (χ1) is 8.73. The van der Waals surface area contributed by atoms with Crippen molar-refractivity contribution in [3.8, 4) is 0 Å². The highest BCUT2D eigenvalue weighted by Crippen LogP contribution is 2.42. The highest BCUT2D eigenvalue weighted by Gasteiger charge is 2.46. The van der Waals surface area contributed by atoms with Crippen molar-refractivity contribution in [1.29, 1.82) is 0 Å². The molecule has 3 heteroatoms. The Hall–Kier alpha value is -0.570. The van der Waals surface area contributed by atoms with Crippen molar-refractivity contribution >= 4 is 5.97 Å². The van der Waals surface area contributed by atoms with Crippen LogP contribution >= 0.6 is 0 Å². The van der Waals surface area contributed by atoms with Crippen LogP contribution in [0.5, 0.6) is 0 Å². The lowest BCUT2D eigenvalue weighted by Gasteiger charge is -2.39. The van der Waals surface area contributed by atoms with E-state index in [0.29, 0.717) is 5.92 Å². The second kappa shape index (κ2) is 5.08. The van der Waals surface area contributed by atoms with E-state index in [0.717, 1.165) is 32.1 Å². The van der Waals surface area contributed by atoms with Gasteiger partial charge >= 0.3 is 5.97 Å². The van der Waals surface area contributed by atoms with Gasteiger partial charge in [-0.1, -0.05) is 27.2 Å². The average Bonchev–Trinajstić information content (AvgIpc) is 2.57. The molecule has 0 aliphatic heterocycles. The minimum atomic E-state index is -0.454. The molecule has 2 saturated carbocycles. The fourth-order valence-electron chi connectivity index (χ4n) is 4.08. The second-order valence-electron chi connectivity index (χ2n) is 7.86. The summed E-state index contributed by atoms with van der Waals surface area (Å²) in [6.07, 6.45) is 6.14. The Kier molecular flexibility index (Phi) is 3.97. The van der Waals surface area contributed by atoms with Gasteiger partial charge in [-0.25, -0.2) is 0 Å². The quantitative estimate of drug-likeness (QED) is 0.781. The van der Waals surface area contributed by atoms with E-state index >= 15 is 0 Å². The molecule has 2 rings (SSSR count). The first kappa shape index (κ1) is 14.8. The van der Waals surface area contributed by atoms with Gasteiger partial charge in [-0.2, -0.15) is 0 Å². The first-order valence-corrected chi connectivity index (χ1v) is 7.70. The van der Waals surface area contributed by atoms with E-state index < -0.39 is 5.41 Å². The number of esters is 1. The molecule has 19 heavy (non-hydrogen) atoms. The number of rotatable bonds is 2. The molecule has 3 nitrogen and oxygen atoms in total. The molecule has 0 radical (unpaired) electrons. The average molecular weight is 267 g/mol. The smallest absolute Gasteiger partial charge is 0.313 e. The van der Waals surface area contributed by atoms with Gasteiger partial charge in [-0.3, -0.25) is 4.79 Å². The molecule has 0 heterocycles. The zero-order chi connectivity index (χ0) is 14.3. The number of ether oxygens (including phenoxy) is 1. The molecule has 0 spiro atoms. The van der Waals surface area contributed by atoms with Crippen LogP contribution in [0.3, 0.4) is 0 Å². The summed E-state index contributed by atoms with van der Waals surface area (Å²) < 4.78 is 5.84. The molecule has 110 valence electrons. The van der Waals surface area contributed by atoms with E-state index in [1.54, 1.807) is 0 Å². The van der Waals surface area contributed by atoms with E-state index in [1.165, 1.54) is 6.42 Å². The predicted octanol–water partition coefficient (Wildman–Crippen LogP) is 3.26. The van der Waals surface area contributed by atoms with Crippen molar-refractivity contribution in [3.05, 3.63) is 0 Å². The third-order valence-corrected chi connectivity index (χ3v) is 5.12. The molecule has 2 aliphatic rings. The molecule has 0 aromatic heterocycles. The number of carbonyl (C=O) groups excluding carboxylic acids is 1. The van der Waals surface area contributed by atoms with Gasteiger partial charge in [0.15, 0.2) is 0 Å². The van der Waals surface area contributed by atoms with Gasteiger partial charge in [-0.05, 0) is 50.4 Å². The van der Waals surface area contributed by atoms with Gasteiger partial charge < -0.3 is 10.5 Å². The molecule has 0 amide bonds. The molecule has 4 atom stereocenters. The third-order valence-electron chi connectivity index (χ3n) is 5.12. The highest BCUT2D eigenvalue weighted by atomic mass is 16.5. The van der Waals surface area contributed by atoms with Gasteiger partial charge in [0.25, 0.3) is 0 Å². The van der Waals surface area contributed by atoms with E-state index in [1.807, 2.05) is 6.92 Å². The van der Waals surface area contributed by atoms with Crippen LogP contribution in [0.15, 0.2) is 0 Å². The lowest BCUT2D eigenvalue weighted by Crippen LogP contribution is -2.44. The number of hydrogen-bond acceptors (Lipinski definition) is 3. The van der Waals surface area contributed by atoms with Crippen molar-refractivity contribution < 1.29 is 9.53 Å². The Labute approximate surface area is 117 Å². The van der Waals surface area contributed by atoms with Crippen LogP contribution in [0.1, 0.15) is 66.2 Å². The summed E-state index contributed by atoms with van der Waals surface area (Å²) in [5, 5.41) is 0. The third kappa shape index (κ3) is 3.13. The van der Waals surface area contributed by atoms with Crippen molar-refractivity contribution in [2.24, 2.45) is 22.5 Å². The topological polar surface area (TPSA) is 52.3 Å². The minimum Gasteiger partial charge on any atom is -0.462 e. The van der Waals surface area contributed by atoms with Crippen molar-refractivity contribution in [2.75, 3.05) is 0 Å². The molecule has 0 saturated heterocycles. The maximum Gasteiger partial charge on any atom is 0.313 e. The molecule has 2 N–H and O–H groups in total. The fraction of sp³-hybridized carbons (Fsp3) is 0.938. The largest absolute Gasteiger partial charge is 0.462 e. The van der Waals surface area contributed by atoms with Crippen LogP contribution in [-0.4, -0.2) is 18.1 Å². The molecular formula is C16H29NO2. The molecule has 4 unspecified atom stereocenters. The van der Waals surface area contributed by atoms with E-state index in [4.69, 9.17) is 10.5 Å². The van der Waals surface area contributed by atoms with Gasteiger partial charge in [0, 0.05) is 6.04 Å². The number of nitrogens with two attached hydrogens (primary N) is 1. The standard InChI is InChI=1S/C16H29NO2/c1-11-8-12(10-15(2,3)9-11)19-14(18)16(4)7-5-6-13(16)17/h11-13H,5-10,17H2,1-4H3. The Balaban J connectivity index is 1.99. The van der Waals surface area contributed by atoms with Gasteiger partial charge in [0.2, 0.25) is 0 Å². The summed E-state index contributed by atoms with van der Waals surface area (Å²) in [4.78, 5) is 12.5. The zero-order valence-electron chi connectivity index (χ0n) is 12.9. The van der Waals surface area contributed by atoms with Gasteiger partial charge in [0.1, 0.15) is 6.10 Å². The van der Waals surface area contributed by atoms with E-state index in [2.05, 4.69) is 20.8 Å². The maximum absolute atomic E-state index is 12.5. The van der Waals surface area contributed by atoms with Crippen LogP contribution in [0, 0.1) is 16.7 Å². The van der Waals surface area contributed by atoms with Crippen molar-refractivity contribution in [2.45, 2.75) is 78.4 Å².